The number of hydrogen-bond acceptors (Lipinski definition) is 4. The molecular formula is C22H14Cl2N2O4. The topological polar surface area (TPSA) is 75.7 Å². The van der Waals surface area contributed by atoms with Gasteiger partial charge in [-0.25, -0.2) is 4.90 Å². The molecule has 0 aliphatic carbocycles. The maximum Gasteiger partial charge on any atom is 0.268 e. The predicted molar refractivity (Wildman–Crippen MR) is 115 cm³/mol. The summed E-state index contributed by atoms with van der Waals surface area (Å²) in [6.07, 6.45) is 0. The molecule has 4 rings (SSSR count). The summed E-state index contributed by atoms with van der Waals surface area (Å²) in [4.78, 5) is 39.7. The Kier molecular flexibility index (Phi) is 5.20. The van der Waals surface area contributed by atoms with Crippen LogP contribution >= 0.6 is 23.2 Å². The Hall–Kier alpha value is -3.35. The van der Waals surface area contributed by atoms with Gasteiger partial charge in [0.2, 0.25) is 0 Å². The number of methoxy groups -OCH3 is 1. The van der Waals surface area contributed by atoms with Crippen molar-refractivity contribution < 1.29 is 19.1 Å². The third-order valence-corrected chi connectivity index (χ3v) is 5.20. The molecule has 3 aromatic carbocycles. The molecule has 0 saturated heterocycles. The number of hydrogen-bond donors (Lipinski definition) is 1. The smallest absolute Gasteiger partial charge is 0.268 e. The van der Waals surface area contributed by atoms with Gasteiger partial charge in [-0.05, 0) is 36.4 Å². The number of para-hydroxylation sites is 1. The monoisotopic (exact) mass is 440 g/mol. The zero-order valence-corrected chi connectivity index (χ0v) is 17.1. The van der Waals surface area contributed by atoms with E-state index < -0.39 is 17.7 Å². The number of anilines is 2. The fourth-order valence-corrected chi connectivity index (χ4v) is 3.92. The van der Waals surface area contributed by atoms with Crippen LogP contribution in [0.4, 0.5) is 11.4 Å². The first-order valence-corrected chi connectivity index (χ1v) is 9.59. The highest BCUT2D eigenvalue weighted by atomic mass is 35.5. The fourth-order valence-electron chi connectivity index (χ4n) is 3.28. The first-order valence-electron chi connectivity index (χ1n) is 8.83. The Morgan fingerprint density at radius 3 is 2.23 bits per heavy atom. The number of nitrogens with one attached hydrogen (secondary N) is 1. The molecule has 0 spiro atoms. The second-order valence-corrected chi connectivity index (χ2v) is 7.25. The number of nitrogens with zero attached hydrogens (tertiary/aromatic N) is 1. The summed E-state index contributed by atoms with van der Waals surface area (Å²) < 4.78 is 5.09. The molecular weight excluding hydrogens is 427 g/mol. The van der Waals surface area contributed by atoms with Gasteiger partial charge in [-0.2, -0.15) is 0 Å². The zero-order valence-electron chi connectivity index (χ0n) is 15.6. The summed E-state index contributed by atoms with van der Waals surface area (Å²) in [5, 5.41) is 3.03. The van der Waals surface area contributed by atoms with Gasteiger partial charge in [0.1, 0.15) is 0 Å². The molecule has 1 heterocycles. The van der Waals surface area contributed by atoms with E-state index in [0.717, 1.165) is 4.90 Å². The molecule has 1 N–H and O–H groups in total. The molecule has 30 heavy (non-hydrogen) atoms. The van der Waals surface area contributed by atoms with E-state index in [9.17, 15) is 14.4 Å². The molecule has 6 nitrogen and oxygen atoms in total. The van der Waals surface area contributed by atoms with Crippen molar-refractivity contribution in [3.63, 3.8) is 0 Å². The molecule has 0 bridgehead atoms. The van der Waals surface area contributed by atoms with Gasteiger partial charge in [-0.3, -0.25) is 14.4 Å². The summed E-state index contributed by atoms with van der Waals surface area (Å²) in [5.41, 5.74) is 1.20. The van der Waals surface area contributed by atoms with Crippen LogP contribution in [0.15, 0.2) is 60.7 Å². The summed E-state index contributed by atoms with van der Waals surface area (Å²) in [5.74, 6) is -1.24. The van der Waals surface area contributed by atoms with E-state index in [1.54, 1.807) is 48.5 Å². The molecule has 3 amide bonds. The molecule has 0 atom stereocenters. The standard InChI is InChI=1S/C22H14Cl2N2O4/c1-30-19-15(23)10-12(11-16(19)24)20(27)25-17-9-5-8-14-18(17)22(29)26(21(14)28)13-6-3-2-4-7-13/h2-11H,1H3,(H,25,27). The van der Waals surface area contributed by atoms with Crippen LogP contribution in [0.3, 0.4) is 0 Å². The lowest BCUT2D eigenvalue weighted by Gasteiger charge is -2.14. The Morgan fingerprint density at radius 1 is 0.933 bits per heavy atom. The molecule has 1 aliphatic heterocycles. The van der Waals surface area contributed by atoms with Crippen LogP contribution in [0.1, 0.15) is 31.1 Å². The van der Waals surface area contributed by atoms with Crippen molar-refractivity contribution in [2.24, 2.45) is 0 Å². The van der Waals surface area contributed by atoms with Crippen LogP contribution in [0.25, 0.3) is 0 Å². The minimum absolute atomic E-state index is 0.130. The Balaban J connectivity index is 1.69. The average molecular weight is 441 g/mol. The summed E-state index contributed by atoms with van der Waals surface area (Å²) >= 11 is 12.2. The van der Waals surface area contributed by atoms with Crippen molar-refractivity contribution >= 4 is 52.3 Å². The van der Waals surface area contributed by atoms with Crippen molar-refractivity contribution in [2.75, 3.05) is 17.3 Å². The van der Waals surface area contributed by atoms with Crippen LogP contribution < -0.4 is 15.0 Å². The molecule has 0 saturated carbocycles. The van der Waals surface area contributed by atoms with Crippen molar-refractivity contribution in [3.8, 4) is 5.75 Å². The van der Waals surface area contributed by atoms with Crippen LogP contribution in [0.5, 0.6) is 5.75 Å². The Labute approximate surface area is 182 Å². The van der Waals surface area contributed by atoms with Gasteiger partial charge in [0.05, 0.1) is 39.7 Å². The molecule has 150 valence electrons. The number of carbonyl (C=O) groups excluding carboxylic acids is 3. The van der Waals surface area contributed by atoms with Crippen molar-refractivity contribution in [1.82, 2.24) is 0 Å². The van der Waals surface area contributed by atoms with E-state index in [4.69, 9.17) is 27.9 Å². The van der Waals surface area contributed by atoms with Gasteiger partial charge < -0.3 is 10.1 Å². The Bertz CT molecular complexity index is 1170. The lowest BCUT2D eigenvalue weighted by Crippen LogP contribution is -2.29. The number of rotatable bonds is 4. The van der Waals surface area contributed by atoms with E-state index in [1.807, 2.05) is 0 Å². The molecule has 8 heteroatoms. The lowest BCUT2D eigenvalue weighted by molar-refractivity contribution is 0.0926. The SMILES string of the molecule is COc1c(Cl)cc(C(=O)Nc2cccc3c2C(=O)N(c2ccccc2)C3=O)cc1Cl. The van der Waals surface area contributed by atoms with Gasteiger partial charge in [-0.1, -0.05) is 47.5 Å². The predicted octanol–water partition coefficient (Wildman–Crippen LogP) is 5.05. The van der Waals surface area contributed by atoms with Gasteiger partial charge in [-0.15, -0.1) is 0 Å². The van der Waals surface area contributed by atoms with E-state index in [2.05, 4.69) is 5.32 Å². The highest BCUT2D eigenvalue weighted by Crippen LogP contribution is 2.35. The summed E-state index contributed by atoms with van der Waals surface area (Å²) in [7, 11) is 1.42. The third-order valence-electron chi connectivity index (χ3n) is 4.64. The van der Waals surface area contributed by atoms with Crippen molar-refractivity contribution in [3.05, 3.63) is 87.4 Å². The third kappa shape index (κ3) is 3.30. The second kappa shape index (κ2) is 7.82. The zero-order chi connectivity index (χ0) is 21.4. The van der Waals surface area contributed by atoms with Gasteiger partial charge in [0.15, 0.2) is 5.75 Å². The number of halogens is 2. The molecule has 3 aromatic rings. The molecule has 0 aromatic heterocycles. The second-order valence-electron chi connectivity index (χ2n) is 6.44. The summed E-state index contributed by atoms with van der Waals surface area (Å²) in [6, 6.07) is 16.1. The molecule has 0 fully saturated rings. The first kappa shape index (κ1) is 19.9. The number of imide groups is 1. The van der Waals surface area contributed by atoms with Crippen LogP contribution in [0.2, 0.25) is 10.0 Å². The van der Waals surface area contributed by atoms with Gasteiger partial charge in [0, 0.05) is 5.56 Å². The fraction of sp³-hybridized carbons (Fsp3) is 0.0455. The number of fused-ring (bicyclic) bond motifs is 1. The van der Waals surface area contributed by atoms with Gasteiger partial charge >= 0.3 is 0 Å². The minimum atomic E-state index is -0.534. The maximum absolute atomic E-state index is 13.0. The normalized spacial score (nSPS) is 12.7. The minimum Gasteiger partial charge on any atom is -0.494 e. The average Bonchev–Trinajstić information content (AvgIpc) is 2.99. The molecule has 0 radical (unpaired) electrons. The van der Waals surface area contributed by atoms with Crippen LogP contribution in [0, 0.1) is 0 Å². The van der Waals surface area contributed by atoms with Crippen molar-refractivity contribution in [1.29, 1.82) is 0 Å². The van der Waals surface area contributed by atoms with Crippen LogP contribution in [-0.2, 0) is 0 Å². The molecule has 1 aliphatic rings. The van der Waals surface area contributed by atoms with Crippen molar-refractivity contribution in [2.45, 2.75) is 0 Å². The maximum atomic E-state index is 13.0. The van der Waals surface area contributed by atoms with E-state index in [0.29, 0.717) is 5.69 Å². The Morgan fingerprint density at radius 2 is 1.60 bits per heavy atom. The number of ether oxygens (including phenoxy) is 1. The largest absolute Gasteiger partial charge is 0.494 e. The highest BCUT2D eigenvalue weighted by molar-refractivity contribution is 6.38. The van der Waals surface area contributed by atoms with E-state index in [-0.39, 0.29) is 38.2 Å². The number of carbonyl (C=O) groups is 3. The lowest BCUT2D eigenvalue weighted by atomic mass is 10.1. The van der Waals surface area contributed by atoms with Crippen LogP contribution in [-0.4, -0.2) is 24.8 Å². The number of benzene rings is 3. The number of amides is 3. The van der Waals surface area contributed by atoms with E-state index >= 15 is 0 Å². The first-order chi connectivity index (χ1) is 14.4. The molecule has 0 unspecified atom stereocenters. The quantitative estimate of drug-likeness (QED) is 0.575. The van der Waals surface area contributed by atoms with Gasteiger partial charge in [0.25, 0.3) is 17.7 Å². The highest BCUT2D eigenvalue weighted by Gasteiger charge is 2.38. The summed E-state index contributed by atoms with van der Waals surface area (Å²) in [6.45, 7) is 0. The van der Waals surface area contributed by atoms with E-state index in [1.165, 1.54) is 19.2 Å².